The number of hydrogen-bond donors (Lipinski definition) is 0. The maximum atomic E-state index is 12.3. The lowest BCUT2D eigenvalue weighted by Crippen LogP contribution is -2.21. The summed E-state index contributed by atoms with van der Waals surface area (Å²) in [6.45, 7) is 6.88. The standard InChI is InChI=1S/C10H9F/c1-8-5-3-4-6-10(8)7-9(2)11/h3-7H,1-2H2/b10-7-. The molecule has 0 aromatic heterocycles. The predicted molar refractivity (Wildman–Crippen MR) is 45.9 cm³/mol. The van der Waals surface area contributed by atoms with E-state index >= 15 is 0 Å². The lowest BCUT2D eigenvalue weighted by atomic mass is 10.2. The minimum Gasteiger partial charge on any atom is -0.208 e. The molecule has 56 valence electrons. The molecule has 0 bridgehead atoms. The van der Waals surface area contributed by atoms with Crippen molar-refractivity contribution in [2.75, 3.05) is 0 Å². The molecule has 0 aliphatic heterocycles. The average molecular weight is 148 g/mol. The van der Waals surface area contributed by atoms with Crippen LogP contribution in [0.5, 0.6) is 0 Å². The van der Waals surface area contributed by atoms with Crippen LogP contribution < -0.4 is 10.4 Å². The molecule has 0 N–H and O–H groups in total. The second-order valence-electron chi connectivity index (χ2n) is 2.29. The third-order valence-corrected chi connectivity index (χ3v) is 1.37. The topological polar surface area (TPSA) is 0 Å². The Labute approximate surface area is 65.0 Å². The molecule has 0 radical (unpaired) electrons. The maximum Gasteiger partial charge on any atom is 0.116 e. The van der Waals surface area contributed by atoms with E-state index in [1.54, 1.807) is 6.07 Å². The first-order valence-corrected chi connectivity index (χ1v) is 3.30. The molecule has 0 nitrogen and oxygen atoms in total. The monoisotopic (exact) mass is 148 g/mol. The Hall–Kier alpha value is -1.37. The van der Waals surface area contributed by atoms with Crippen molar-refractivity contribution >= 4 is 12.7 Å². The van der Waals surface area contributed by atoms with Crippen molar-refractivity contribution in [2.45, 2.75) is 0 Å². The Morgan fingerprint density at radius 3 is 2.55 bits per heavy atom. The van der Waals surface area contributed by atoms with Gasteiger partial charge in [-0.15, -0.1) is 0 Å². The van der Waals surface area contributed by atoms with Crippen molar-refractivity contribution in [3.05, 3.63) is 47.1 Å². The third kappa shape index (κ3) is 2.04. The van der Waals surface area contributed by atoms with Crippen LogP contribution in [-0.2, 0) is 0 Å². The van der Waals surface area contributed by atoms with E-state index < -0.39 is 5.83 Å². The molecule has 1 heteroatoms. The van der Waals surface area contributed by atoms with Gasteiger partial charge >= 0.3 is 0 Å². The quantitative estimate of drug-likeness (QED) is 0.564. The highest BCUT2D eigenvalue weighted by molar-refractivity contribution is 5.40. The number of halogens is 1. The summed E-state index contributed by atoms with van der Waals surface area (Å²) < 4.78 is 12.3. The van der Waals surface area contributed by atoms with E-state index in [1.807, 2.05) is 18.2 Å². The Morgan fingerprint density at radius 1 is 1.36 bits per heavy atom. The van der Waals surface area contributed by atoms with Gasteiger partial charge < -0.3 is 0 Å². The van der Waals surface area contributed by atoms with Crippen LogP contribution in [-0.4, -0.2) is 0 Å². The van der Waals surface area contributed by atoms with Crippen LogP contribution in [0.3, 0.4) is 0 Å². The van der Waals surface area contributed by atoms with Crippen LogP contribution in [0.1, 0.15) is 0 Å². The van der Waals surface area contributed by atoms with Crippen LogP contribution in [0, 0.1) is 0 Å². The fraction of sp³-hybridized carbons (Fsp3) is 0. The molecule has 1 aromatic rings. The number of allylic oxidation sites excluding steroid dienone is 1. The summed E-state index contributed by atoms with van der Waals surface area (Å²) in [5.74, 6) is -0.443. The zero-order valence-electron chi connectivity index (χ0n) is 6.18. The Morgan fingerprint density at radius 2 is 2.00 bits per heavy atom. The van der Waals surface area contributed by atoms with Gasteiger partial charge in [0.2, 0.25) is 0 Å². The normalized spacial score (nSPS) is 11.5. The lowest BCUT2D eigenvalue weighted by Gasteiger charge is -1.85. The summed E-state index contributed by atoms with van der Waals surface area (Å²) in [5.41, 5.74) is 0. The number of benzene rings is 1. The van der Waals surface area contributed by atoms with Crippen LogP contribution in [0.2, 0.25) is 0 Å². The van der Waals surface area contributed by atoms with E-state index in [1.165, 1.54) is 6.08 Å². The summed E-state index contributed by atoms with van der Waals surface area (Å²) in [7, 11) is 0. The van der Waals surface area contributed by atoms with Crippen molar-refractivity contribution < 1.29 is 4.39 Å². The van der Waals surface area contributed by atoms with Crippen LogP contribution in [0.15, 0.2) is 36.7 Å². The molecule has 11 heavy (non-hydrogen) atoms. The molecule has 0 aliphatic rings. The summed E-state index contributed by atoms with van der Waals surface area (Å²) in [6, 6.07) is 7.33. The molecule has 0 fully saturated rings. The van der Waals surface area contributed by atoms with Crippen molar-refractivity contribution in [1.29, 1.82) is 0 Å². The fourth-order valence-electron chi connectivity index (χ4n) is 0.844. The highest BCUT2D eigenvalue weighted by Crippen LogP contribution is 1.89. The first kappa shape index (κ1) is 7.73. The smallest absolute Gasteiger partial charge is 0.116 e. The van der Waals surface area contributed by atoms with Crippen molar-refractivity contribution in [1.82, 2.24) is 0 Å². The molecule has 1 rings (SSSR count). The number of rotatable bonds is 1. The molecule has 1 aromatic carbocycles. The molecule has 0 atom stereocenters. The summed E-state index contributed by atoms with van der Waals surface area (Å²) in [4.78, 5) is 0. The SMILES string of the molecule is C=C(F)/C=c1/ccccc1=C. The van der Waals surface area contributed by atoms with Crippen molar-refractivity contribution in [3.63, 3.8) is 0 Å². The van der Waals surface area contributed by atoms with Gasteiger partial charge in [0, 0.05) is 0 Å². The van der Waals surface area contributed by atoms with Crippen LogP contribution in [0.4, 0.5) is 4.39 Å². The van der Waals surface area contributed by atoms with Gasteiger partial charge in [0.25, 0.3) is 0 Å². The van der Waals surface area contributed by atoms with E-state index in [0.717, 1.165) is 10.4 Å². The highest BCUT2D eigenvalue weighted by Gasteiger charge is 1.82. The zero-order chi connectivity index (χ0) is 8.27. The molecule has 0 heterocycles. The lowest BCUT2D eigenvalue weighted by molar-refractivity contribution is 0.684. The minimum atomic E-state index is -0.443. The van der Waals surface area contributed by atoms with E-state index in [4.69, 9.17) is 0 Å². The summed E-state index contributed by atoms with van der Waals surface area (Å²) in [5, 5.41) is 1.59. The molecule has 0 aliphatic carbocycles. The largest absolute Gasteiger partial charge is 0.208 e. The van der Waals surface area contributed by atoms with Gasteiger partial charge in [-0.25, -0.2) is 4.39 Å². The van der Waals surface area contributed by atoms with Crippen molar-refractivity contribution in [3.8, 4) is 0 Å². The molecule has 0 spiro atoms. The molecular weight excluding hydrogens is 139 g/mol. The minimum absolute atomic E-state index is 0.443. The second-order valence-corrected chi connectivity index (χ2v) is 2.29. The first-order valence-electron chi connectivity index (χ1n) is 3.30. The van der Waals surface area contributed by atoms with Gasteiger partial charge in [0.05, 0.1) is 0 Å². The molecule has 0 amide bonds. The van der Waals surface area contributed by atoms with Gasteiger partial charge in [0.1, 0.15) is 5.83 Å². The number of hydrogen-bond acceptors (Lipinski definition) is 0. The molecule has 0 unspecified atom stereocenters. The predicted octanol–water partition coefficient (Wildman–Crippen LogP) is 1.36. The zero-order valence-corrected chi connectivity index (χ0v) is 6.18. The first-order chi connectivity index (χ1) is 5.20. The van der Waals surface area contributed by atoms with Crippen LogP contribution in [0.25, 0.3) is 12.7 Å². The van der Waals surface area contributed by atoms with E-state index in [0.29, 0.717) is 0 Å². The van der Waals surface area contributed by atoms with Gasteiger partial charge in [-0.05, 0) is 16.5 Å². The van der Waals surface area contributed by atoms with Gasteiger partial charge in [0.15, 0.2) is 0 Å². The summed E-state index contributed by atoms with van der Waals surface area (Å²) in [6.07, 6.45) is 1.36. The second kappa shape index (κ2) is 3.15. The Balaban J connectivity index is 3.36. The highest BCUT2D eigenvalue weighted by atomic mass is 19.1. The van der Waals surface area contributed by atoms with Gasteiger partial charge in [-0.2, -0.15) is 0 Å². The van der Waals surface area contributed by atoms with E-state index in [9.17, 15) is 4.39 Å². The average Bonchev–Trinajstić information content (AvgIpc) is 1.93. The van der Waals surface area contributed by atoms with Crippen molar-refractivity contribution in [2.24, 2.45) is 0 Å². The molecule has 0 saturated carbocycles. The maximum absolute atomic E-state index is 12.3. The Kier molecular flexibility index (Phi) is 2.21. The fourth-order valence-corrected chi connectivity index (χ4v) is 0.844. The van der Waals surface area contributed by atoms with Gasteiger partial charge in [-0.1, -0.05) is 37.4 Å². The van der Waals surface area contributed by atoms with E-state index in [-0.39, 0.29) is 0 Å². The molecular formula is C10H9F. The third-order valence-electron chi connectivity index (χ3n) is 1.37. The molecule has 0 saturated heterocycles. The summed E-state index contributed by atoms with van der Waals surface area (Å²) >= 11 is 0. The van der Waals surface area contributed by atoms with Gasteiger partial charge in [-0.3, -0.25) is 0 Å². The van der Waals surface area contributed by atoms with Crippen LogP contribution >= 0.6 is 0 Å². The van der Waals surface area contributed by atoms with E-state index in [2.05, 4.69) is 13.2 Å². The Bertz CT molecular complexity index is 363.